The van der Waals surface area contributed by atoms with Gasteiger partial charge < -0.3 is 10.1 Å². The van der Waals surface area contributed by atoms with Gasteiger partial charge in [-0.3, -0.25) is 44.1 Å². The summed E-state index contributed by atoms with van der Waals surface area (Å²) in [7, 11) is 0. The Labute approximate surface area is 438 Å². The predicted octanol–water partition coefficient (Wildman–Crippen LogP) is 11.2. The number of aliphatic carboxylic acids is 1. The highest BCUT2D eigenvalue weighted by atomic mass is 79.9. The average Bonchev–Trinajstić information content (AvgIpc) is 4.27. The second-order valence-electron chi connectivity index (χ2n) is 13.4. The molecule has 368 valence electrons. The van der Waals surface area contributed by atoms with Gasteiger partial charge in [0.15, 0.2) is 33.6 Å². The number of carbonyl (C=O) groups is 6. The van der Waals surface area contributed by atoms with Crippen molar-refractivity contribution in [2.75, 3.05) is 0 Å². The van der Waals surface area contributed by atoms with Crippen LogP contribution in [0.5, 0.6) is 0 Å². The van der Waals surface area contributed by atoms with Crippen LogP contribution < -0.4 is 0 Å². The largest absolute Gasteiger partial charge is 0.475 e. The number of ketones is 1. The van der Waals surface area contributed by atoms with Gasteiger partial charge in [-0.25, -0.2) is 19.7 Å². The molecule has 10 aromatic rings. The number of halogens is 1. The van der Waals surface area contributed by atoms with Crippen molar-refractivity contribution in [2.45, 2.75) is 0 Å². The smallest absolute Gasteiger partial charge is 0.377 e. The van der Waals surface area contributed by atoms with E-state index >= 15 is 0 Å². The van der Waals surface area contributed by atoms with Gasteiger partial charge in [-0.1, -0.05) is 115 Å². The highest BCUT2D eigenvalue weighted by Crippen LogP contribution is 2.24. The number of carbonyl (C=O) groups excluding carboxylic acids is 5. The topological polar surface area (TPSA) is 294 Å². The van der Waals surface area contributed by atoms with Gasteiger partial charge in [0.25, 0.3) is 5.78 Å². The number of nitro groups is 1. The number of fused-ring (bicyclic) bond motifs is 2. The predicted molar refractivity (Wildman–Crippen MR) is 283 cm³/mol. The van der Waals surface area contributed by atoms with E-state index in [2.05, 4.69) is 45.8 Å². The summed E-state index contributed by atoms with van der Waals surface area (Å²) in [5, 5.41) is 36.7. The number of nitrogens with zero attached hydrogens (tertiary/aromatic N) is 8. The SMILES string of the molecule is N#Cc1ccccc1.N#Cc1nc2ccccc2s1.O=C(O)C(=O)c1ccccc1.O=Cc1ccccc1.O=Cc1ccccn1.O=Cc1cnc2ccccc2c1.O=Cc1ncc[nH]1.O=[N+]([O-])c1cnc(Br)s1. The monoisotopic (exact) mass is 1090 g/mol. The summed E-state index contributed by atoms with van der Waals surface area (Å²) in [6, 6.07) is 52.7. The summed E-state index contributed by atoms with van der Waals surface area (Å²) < 4.78 is 1.61. The van der Waals surface area contributed by atoms with Crippen LogP contribution in [0.4, 0.5) is 5.00 Å². The molecule has 0 atom stereocenters. The van der Waals surface area contributed by atoms with E-state index in [0.29, 0.717) is 37.9 Å². The molecule has 18 nitrogen and oxygen atoms in total. The second-order valence-corrected chi connectivity index (χ2v) is 16.7. The van der Waals surface area contributed by atoms with Gasteiger partial charge in [0, 0.05) is 46.9 Å². The molecule has 0 spiro atoms. The van der Waals surface area contributed by atoms with Crippen LogP contribution in [-0.2, 0) is 4.79 Å². The first-order chi connectivity index (χ1) is 35.9. The molecule has 0 aliphatic rings. The lowest BCUT2D eigenvalue weighted by atomic mass is 10.1. The highest BCUT2D eigenvalue weighted by Gasteiger charge is 2.12. The van der Waals surface area contributed by atoms with Crippen molar-refractivity contribution in [3.63, 3.8) is 0 Å². The minimum atomic E-state index is -1.42. The zero-order valence-corrected chi connectivity index (χ0v) is 41.5. The molecule has 0 amide bonds. The molecule has 5 heterocycles. The summed E-state index contributed by atoms with van der Waals surface area (Å²) in [4.78, 5) is 92.3. The number of hydrogen-bond acceptors (Lipinski definition) is 17. The number of nitrogens with one attached hydrogen (secondary N) is 1. The number of H-pyrrole nitrogens is 1. The van der Waals surface area contributed by atoms with Gasteiger partial charge in [-0.05, 0) is 75.8 Å². The van der Waals surface area contributed by atoms with Crippen LogP contribution in [0.25, 0.3) is 21.1 Å². The number of carboxylic acid groups (broad SMARTS) is 1. The number of imidazole rings is 1. The molecular weight excluding hydrogens is 1050 g/mol. The zero-order chi connectivity index (χ0) is 53.8. The van der Waals surface area contributed by atoms with E-state index in [1.807, 2.05) is 103 Å². The number of carboxylic acids is 1. The van der Waals surface area contributed by atoms with E-state index in [1.165, 1.54) is 35.9 Å². The normalized spacial score (nSPS) is 9.07. The van der Waals surface area contributed by atoms with E-state index in [9.17, 15) is 38.9 Å². The molecule has 21 heteroatoms. The van der Waals surface area contributed by atoms with Crippen LogP contribution in [-0.4, -0.2) is 76.8 Å². The van der Waals surface area contributed by atoms with Gasteiger partial charge in [-0.15, -0.1) is 11.3 Å². The minimum absolute atomic E-state index is 0.0573. The third-order valence-electron chi connectivity index (χ3n) is 8.29. The Morgan fingerprint density at radius 1 is 0.635 bits per heavy atom. The van der Waals surface area contributed by atoms with Gasteiger partial charge in [0.2, 0.25) is 0 Å². The van der Waals surface area contributed by atoms with Gasteiger partial charge in [0.05, 0.1) is 32.3 Å². The maximum absolute atomic E-state index is 10.7. The van der Waals surface area contributed by atoms with E-state index in [1.54, 1.807) is 79.3 Å². The fourth-order valence-corrected chi connectivity index (χ4v) is 6.77. The number of Topliss-reactive ketones (excluding diaryl/α,β-unsaturated/α-hetero) is 1. The van der Waals surface area contributed by atoms with E-state index in [-0.39, 0.29) is 10.6 Å². The molecule has 0 bridgehead atoms. The lowest BCUT2D eigenvalue weighted by Gasteiger charge is -1.95. The summed E-state index contributed by atoms with van der Waals surface area (Å²) in [5.74, 6) is -1.91. The van der Waals surface area contributed by atoms with E-state index in [0.717, 1.165) is 56.9 Å². The fourth-order valence-electron chi connectivity index (χ4n) is 4.95. The Kier molecular flexibility index (Phi) is 27.1. The maximum atomic E-state index is 10.7. The van der Waals surface area contributed by atoms with Crippen LogP contribution in [0.1, 0.15) is 62.8 Å². The number of hydrogen-bond donors (Lipinski definition) is 2. The first-order valence-electron chi connectivity index (χ1n) is 20.8. The summed E-state index contributed by atoms with van der Waals surface area (Å²) in [6.07, 6.45) is 10.5. The number of pyridine rings is 2. The van der Waals surface area contributed by atoms with Crippen LogP contribution in [0.15, 0.2) is 199 Å². The van der Waals surface area contributed by atoms with Gasteiger partial charge in [-0.2, -0.15) is 10.5 Å². The molecular formula is C53H38BrN9O9S2. The van der Waals surface area contributed by atoms with E-state index < -0.39 is 16.7 Å². The first-order valence-corrected chi connectivity index (χ1v) is 23.3. The molecule has 0 fully saturated rings. The molecule has 10 rings (SSSR count). The Morgan fingerprint density at radius 3 is 1.69 bits per heavy atom. The van der Waals surface area contributed by atoms with Crippen molar-refractivity contribution in [1.82, 2.24) is 29.9 Å². The number of nitriles is 2. The molecule has 5 aromatic heterocycles. The quantitative estimate of drug-likeness (QED) is 0.0493. The average molecular weight is 1090 g/mol. The van der Waals surface area contributed by atoms with Crippen molar-refractivity contribution in [3.05, 3.63) is 248 Å². The van der Waals surface area contributed by atoms with Gasteiger partial charge >= 0.3 is 11.0 Å². The molecule has 0 aliphatic heterocycles. The zero-order valence-electron chi connectivity index (χ0n) is 38.3. The van der Waals surface area contributed by atoms with Crippen LogP contribution in [0, 0.1) is 32.8 Å². The summed E-state index contributed by atoms with van der Waals surface area (Å²) >= 11 is 5.43. The molecule has 0 saturated heterocycles. The summed E-state index contributed by atoms with van der Waals surface area (Å²) in [6.45, 7) is 0. The Morgan fingerprint density at radius 2 is 1.24 bits per heavy atom. The van der Waals surface area contributed by atoms with Crippen molar-refractivity contribution in [1.29, 1.82) is 10.5 Å². The third-order valence-corrected chi connectivity index (χ3v) is 10.7. The van der Waals surface area contributed by atoms with Crippen molar-refractivity contribution < 1.29 is 38.8 Å². The first kappa shape index (κ1) is 58.4. The minimum Gasteiger partial charge on any atom is -0.475 e. The number of rotatable bonds is 7. The van der Waals surface area contributed by atoms with Crippen molar-refractivity contribution >= 4 is 102 Å². The number of thiazole rings is 2. The molecule has 2 N–H and O–H groups in total. The lowest BCUT2D eigenvalue weighted by molar-refractivity contribution is -0.380. The lowest BCUT2D eigenvalue weighted by Crippen LogP contribution is -2.12. The molecule has 74 heavy (non-hydrogen) atoms. The van der Waals surface area contributed by atoms with Crippen molar-refractivity contribution in [3.8, 4) is 12.1 Å². The summed E-state index contributed by atoms with van der Waals surface area (Å²) in [5.41, 5.74) is 4.58. The van der Waals surface area contributed by atoms with E-state index in [4.69, 9.17) is 15.6 Å². The Bertz CT molecular complexity index is 3310. The fraction of sp³-hybridized carbons (Fsp3) is 0. The van der Waals surface area contributed by atoms with Gasteiger partial charge in [0.1, 0.15) is 24.2 Å². The number of benzene rings is 5. The Balaban J connectivity index is 0.000000224. The van der Waals surface area contributed by atoms with Crippen LogP contribution >= 0.6 is 38.6 Å². The highest BCUT2D eigenvalue weighted by molar-refractivity contribution is 9.11. The van der Waals surface area contributed by atoms with Crippen molar-refractivity contribution in [2.24, 2.45) is 0 Å². The molecule has 0 aliphatic carbocycles. The maximum Gasteiger partial charge on any atom is 0.377 e. The Hall–Kier alpha value is -9.93. The van der Waals surface area contributed by atoms with Crippen LogP contribution in [0.2, 0.25) is 0 Å². The number of aromatic nitrogens is 6. The number of aldehydes is 4. The number of aromatic amines is 1. The molecule has 0 unspecified atom stereocenters. The molecule has 0 radical (unpaired) electrons. The second kappa shape index (κ2) is 34.4. The third kappa shape index (κ3) is 22.7. The van der Waals surface area contributed by atoms with Crippen LogP contribution in [0.3, 0.4) is 0 Å². The standard InChI is InChI=1S/C10H7NO.C8H4N2S.C8H6O3.C7H5N.C7H6O.C6H5NO.C4H4N2O.C3HBrN2O2S/c12-7-8-5-9-3-1-2-4-10(9)11-6-8;9-5-8-10-6-3-1-2-4-7(6)11-8;9-7(8(10)11)6-4-2-1-3-5-6;2*8-6-7-4-2-1-3-5-7;8-5-6-3-1-2-4-7-6;7-3-4-5-1-2-6-4;4-3-5-1-2(9-3)6(7)8/h1-7H;1-4H;1-5H,(H,10,11);1-5H;1-6H;1-5H;1-3H,(H,5,6);1H. The number of para-hydroxylation sites is 2. The molecule has 5 aromatic carbocycles. The molecule has 0 saturated carbocycles.